The molecule has 0 atom stereocenters. The monoisotopic (exact) mass is 337 g/mol. The van der Waals surface area contributed by atoms with Gasteiger partial charge in [-0.25, -0.2) is 4.39 Å². The summed E-state index contributed by atoms with van der Waals surface area (Å²) < 4.78 is 14.8. The maximum atomic E-state index is 13.9. The van der Waals surface area contributed by atoms with Crippen molar-refractivity contribution in [2.24, 2.45) is 0 Å². The highest BCUT2D eigenvalue weighted by atomic mass is 79.9. The minimum absolute atomic E-state index is 0.187. The molecule has 20 heavy (non-hydrogen) atoms. The van der Waals surface area contributed by atoms with E-state index in [4.69, 9.17) is 5.11 Å². The predicted molar refractivity (Wildman–Crippen MR) is 79.9 cm³/mol. The summed E-state index contributed by atoms with van der Waals surface area (Å²) >= 11 is 3.42. The lowest BCUT2D eigenvalue weighted by atomic mass is 10.1. The lowest BCUT2D eigenvalue weighted by molar-refractivity contribution is -0.136. The molecule has 0 aliphatic carbocycles. The van der Waals surface area contributed by atoms with Gasteiger partial charge in [-0.15, -0.1) is 0 Å². The number of benzene rings is 2. The molecule has 2 N–H and O–H groups in total. The van der Waals surface area contributed by atoms with Crippen molar-refractivity contribution in [2.75, 3.05) is 5.32 Å². The molecule has 2 aromatic carbocycles. The van der Waals surface area contributed by atoms with E-state index in [1.807, 2.05) is 25.1 Å². The minimum atomic E-state index is -0.979. The second-order valence-corrected chi connectivity index (χ2v) is 5.33. The molecule has 0 unspecified atom stereocenters. The van der Waals surface area contributed by atoms with Crippen LogP contribution >= 0.6 is 15.9 Å². The lowest BCUT2D eigenvalue weighted by Gasteiger charge is -2.10. The van der Waals surface area contributed by atoms with Crippen molar-refractivity contribution in [2.45, 2.75) is 13.3 Å². The highest BCUT2D eigenvalue weighted by Crippen LogP contribution is 2.25. The van der Waals surface area contributed by atoms with E-state index in [0.29, 0.717) is 11.3 Å². The van der Waals surface area contributed by atoms with E-state index in [2.05, 4.69) is 21.2 Å². The first-order valence-electron chi connectivity index (χ1n) is 5.99. The SMILES string of the molecule is Cc1ccc(Nc2ccc(CC(=O)O)cc2F)cc1Br. The third-order valence-corrected chi connectivity index (χ3v) is 3.69. The van der Waals surface area contributed by atoms with Gasteiger partial charge in [0.15, 0.2) is 0 Å². The Bertz CT molecular complexity index is 658. The third-order valence-electron chi connectivity index (χ3n) is 2.84. The largest absolute Gasteiger partial charge is 0.481 e. The van der Waals surface area contributed by atoms with Crippen LogP contribution in [0.3, 0.4) is 0 Å². The van der Waals surface area contributed by atoms with Crippen molar-refractivity contribution < 1.29 is 14.3 Å². The molecule has 0 aromatic heterocycles. The maximum absolute atomic E-state index is 13.9. The zero-order valence-corrected chi connectivity index (χ0v) is 12.4. The molecule has 0 heterocycles. The molecule has 0 saturated heterocycles. The minimum Gasteiger partial charge on any atom is -0.481 e. The molecule has 104 valence electrons. The number of carboxylic acids is 1. The van der Waals surface area contributed by atoms with Crippen LogP contribution < -0.4 is 5.32 Å². The molecule has 0 fully saturated rings. The van der Waals surface area contributed by atoms with Crippen LogP contribution in [0.5, 0.6) is 0 Å². The van der Waals surface area contributed by atoms with Gasteiger partial charge in [-0.2, -0.15) is 0 Å². The van der Waals surface area contributed by atoms with Gasteiger partial charge in [-0.05, 0) is 42.3 Å². The molecule has 0 aliphatic rings. The van der Waals surface area contributed by atoms with Crippen LogP contribution in [0, 0.1) is 12.7 Å². The van der Waals surface area contributed by atoms with Gasteiger partial charge in [-0.3, -0.25) is 4.79 Å². The van der Waals surface area contributed by atoms with Gasteiger partial charge in [0.1, 0.15) is 5.82 Å². The Morgan fingerprint density at radius 1 is 1.30 bits per heavy atom. The van der Waals surface area contributed by atoms with Crippen LogP contribution in [0.15, 0.2) is 40.9 Å². The molecular formula is C15H13BrFNO2. The molecule has 5 heteroatoms. The number of carboxylic acid groups (broad SMARTS) is 1. The molecule has 2 rings (SSSR count). The Balaban J connectivity index is 2.21. The summed E-state index contributed by atoms with van der Waals surface area (Å²) in [6, 6.07) is 10.0. The number of hydrogen-bond acceptors (Lipinski definition) is 2. The number of carbonyl (C=O) groups is 1. The van der Waals surface area contributed by atoms with Crippen LogP contribution in [0.25, 0.3) is 0 Å². The standard InChI is InChI=1S/C15H13BrFNO2/c1-9-2-4-11(8-12(9)16)18-14-5-3-10(6-13(14)17)7-15(19)20/h2-6,8,18H,7H2,1H3,(H,19,20). The molecule has 3 nitrogen and oxygen atoms in total. The highest BCUT2D eigenvalue weighted by Gasteiger charge is 2.07. The molecule has 0 bridgehead atoms. The summed E-state index contributed by atoms with van der Waals surface area (Å²) in [5.41, 5.74) is 2.60. The first-order valence-corrected chi connectivity index (χ1v) is 6.78. The smallest absolute Gasteiger partial charge is 0.307 e. The number of anilines is 2. The Hall–Kier alpha value is -1.88. The molecule has 2 aromatic rings. The van der Waals surface area contributed by atoms with Gasteiger partial charge >= 0.3 is 5.97 Å². The summed E-state index contributed by atoms with van der Waals surface area (Å²) in [5.74, 6) is -1.45. The van der Waals surface area contributed by atoms with Crippen molar-refractivity contribution in [1.29, 1.82) is 0 Å². The van der Waals surface area contributed by atoms with Crippen molar-refractivity contribution >= 4 is 33.3 Å². The number of rotatable bonds is 4. The summed E-state index contributed by atoms with van der Waals surface area (Å²) in [4.78, 5) is 10.6. The van der Waals surface area contributed by atoms with Gasteiger partial charge in [0.25, 0.3) is 0 Å². The molecule has 0 saturated carbocycles. The van der Waals surface area contributed by atoms with E-state index in [9.17, 15) is 9.18 Å². The van der Waals surface area contributed by atoms with Crippen LogP contribution in [-0.4, -0.2) is 11.1 Å². The van der Waals surface area contributed by atoms with Gasteiger partial charge in [0.05, 0.1) is 12.1 Å². The van der Waals surface area contributed by atoms with Crippen molar-refractivity contribution in [3.8, 4) is 0 Å². The molecule has 0 spiro atoms. The van der Waals surface area contributed by atoms with Crippen LogP contribution in [0.1, 0.15) is 11.1 Å². The normalized spacial score (nSPS) is 10.3. The van der Waals surface area contributed by atoms with Crippen molar-refractivity contribution in [3.63, 3.8) is 0 Å². The van der Waals surface area contributed by atoms with Crippen molar-refractivity contribution in [3.05, 3.63) is 57.8 Å². The second kappa shape index (κ2) is 6.05. The second-order valence-electron chi connectivity index (χ2n) is 4.47. The fraction of sp³-hybridized carbons (Fsp3) is 0.133. The predicted octanol–water partition coefficient (Wildman–Crippen LogP) is 4.27. The maximum Gasteiger partial charge on any atom is 0.307 e. The molecule has 0 aliphatic heterocycles. The third kappa shape index (κ3) is 3.57. The van der Waals surface area contributed by atoms with Crippen molar-refractivity contribution in [1.82, 2.24) is 0 Å². The van der Waals surface area contributed by atoms with Crippen LogP contribution in [0.2, 0.25) is 0 Å². The van der Waals surface area contributed by atoms with E-state index in [0.717, 1.165) is 15.7 Å². The topological polar surface area (TPSA) is 49.3 Å². The summed E-state index contributed by atoms with van der Waals surface area (Å²) in [6.45, 7) is 1.97. The van der Waals surface area contributed by atoms with Crippen LogP contribution in [0.4, 0.5) is 15.8 Å². The Morgan fingerprint density at radius 2 is 2.05 bits per heavy atom. The number of nitrogens with one attached hydrogen (secondary N) is 1. The zero-order valence-electron chi connectivity index (χ0n) is 10.8. The Morgan fingerprint density at radius 3 is 2.65 bits per heavy atom. The number of hydrogen-bond donors (Lipinski definition) is 2. The fourth-order valence-corrected chi connectivity index (χ4v) is 2.15. The van der Waals surface area contributed by atoms with Gasteiger partial charge < -0.3 is 10.4 Å². The lowest BCUT2D eigenvalue weighted by Crippen LogP contribution is -2.01. The van der Waals surface area contributed by atoms with Gasteiger partial charge in [-0.1, -0.05) is 28.1 Å². The van der Waals surface area contributed by atoms with E-state index >= 15 is 0 Å². The first kappa shape index (κ1) is 14.5. The number of halogens is 2. The summed E-state index contributed by atoms with van der Waals surface area (Å²) in [7, 11) is 0. The highest BCUT2D eigenvalue weighted by molar-refractivity contribution is 9.10. The average Bonchev–Trinajstić information content (AvgIpc) is 2.36. The van der Waals surface area contributed by atoms with E-state index in [1.165, 1.54) is 6.07 Å². The summed E-state index contributed by atoms with van der Waals surface area (Å²) in [5, 5.41) is 11.6. The van der Waals surface area contributed by atoms with Gasteiger partial charge in [0.2, 0.25) is 0 Å². The molecule has 0 amide bonds. The average molecular weight is 338 g/mol. The van der Waals surface area contributed by atoms with E-state index < -0.39 is 11.8 Å². The summed E-state index contributed by atoms with van der Waals surface area (Å²) in [6.07, 6.45) is -0.187. The van der Waals surface area contributed by atoms with Crippen LogP contribution in [-0.2, 0) is 11.2 Å². The molecular weight excluding hydrogens is 325 g/mol. The first-order chi connectivity index (χ1) is 9.45. The quantitative estimate of drug-likeness (QED) is 0.875. The Labute approximate surface area is 124 Å². The Kier molecular flexibility index (Phi) is 4.39. The number of aliphatic carboxylic acids is 1. The fourth-order valence-electron chi connectivity index (χ4n) is 1.77. The molecule has 0 radical (unpaired) electrons. The van der Waals surface area contributed by atoms with E-state index in [1.54, 1.807) is 12.1 Å². The number of aryl methyl sites for hydroxylation is 1. The zero-order chi connectivity index (χ0) is 14.7. The van der Waals surface area contributed by atoms with E-state index in [-0.39, 0.29) is 6.42 Å². The van der Waals surface area contributed by atoms with Gasteiger partial charge in [0, 0.05) is 10.2 Å².